The van der Waals surface area contributed by atoms with Gasteiger partial charge in [0.25, 0.3) is 0 Å². The van der Waals surface area contributed by atoms with E-state index in [-0.39, 0.29) is 5.75 Å². The molecule has 0 radical (unpaired) electrons. The van der Waals surface area contributed by atoms with Gasteiger partial charge in [0.2, 0.25) is 0 Å². The number of benzene rings is 2. The van der Waals surface area contributed by atoms with Gasteiger partial charge in [0.05, 0.1) is 14.2 Å². The molecule has 2 rings (SSSR count). The summed E-state index contributed by atoms with van der Waals surface area (Å²) in [5.74, 6) is 0.830. The molecule has 0 N–H and O–H groups in total. The predicted molar refractivity (Wildman–Crippen MR) is 89.0 cm³/mol. The van der Waals surface area contributed by atoms with E-state index < -0.39 is 6.36 Å². The van der Waals surface area contributed by atoms with Crippen molar-refractivity contribution in [2.24, 2.45) is 0 Å². The van der Waals surface area contributed by atoms with Crippen molar-refractivity contribution in [3.8, 4) is 17.2 Å². The summed E-state index contributed by atoms with van der Waals surface area (Å²) in [4.78, 5) is 0. The maximum Gasteiger partial charge on any atom is 0.573 e. The summed E-state index contributed by atoms with van der Waals surface area (Å²) in [6.45, 7) is 4.00. The maximum atomic E-state index is 11.7. The molecule has 0 amide bonds. The SMILES string of the molecule is CC.COc1cccc(Cl)c1.COc1cccc(OC(F)(F)F)c1. The Hall–Kier alpha value is -2.08. The highest BCUT2D eigenvalue weighted by Crippen LogP contribution is 2.25. The van der Waals surface area contributed by atoms with Gasteiger partial charge >= 0.3 is 6.36 Å². The minimum absolute atomic E-state index is 0.285. The van der Waals surface area contributed by atoms with Gasteiger partial charge in [0, 0.05) is 11.1 Å². The van der Waals surface area contributed by atoms with Crippen molar-refractivity contribution in [3.63, 3.8) is 0 Å². The molecule has 0 aliphatic carbocycles. The van der Waals surface area contributed by atoms with E-state index in [1.165, 1.54) is 25.3 Å². The largest absolute Gasteiger partial charge is 0.573 e. The van der Waals surface area contributed by atoms with E-state index in [1.54, 1.807) is 13.2 Å². The zero-order valence-electron chi connectivity index (χ0n) is 13.9. The molecule has 0 fully saturated rings. The fraction of sp³-hybridized carbons (Fsp3) is 0.294. The van der Waals surface area contributed by atoms with Gasteiger partial charge in [0.15, 0.2) is 0 Å². The van der Waals surface area contributed by atoms with Crippen molar-refractivity contribution in [3.05, 3.63) is 53.6 Å². The van der Waals surface area contributed by atoms with E-state index in [4.69, 9.17) is 21.1 Å². The van der Waals surface area contributed by atoms with Crippen LogP contribution in [0.25, 0.3) is 0 Å². The molecule has 2 aromatic carbocycles. The highest BCUT2D eigenvalue weighted by atomic mass is 35.5. The number of rotatable bonds is 3. The lowest BCUT2D eigenvalue weighted by atomic mass is 10.3. The minimum atomic E-state index is -4.66. The van der Waals surface area contributed by atoms with Crippen LogP contribution in [-0.2, 0) is 0 Å². The standard InChI is InChI=1S/C8H7F3O2.C7H7ClO.C2H6/c1-12-6-3-2-4-7(5-6)13-8(9,10)11;1-9-7-4-2-3-6(8)5-7;1-2/h2-5H,1H3;2-5H,1H3;1-2H3. The van der Waals surface area contributed by atoms with Crippen LogP contribution < -0.4 is 14.2 Å². The fourth-order valence-electron chi connectivity index (χ4n) is 1.39. The smallest absolute Gasteiger partial charge is 0.497 e. The number of methoxy groups -OCH3 is 2. The summed E-state index contributed by atoms with van der Waals surface area (Å²) in [6, 6.07) is 12.6. The van der Waals surface area contributed by atoms with Crippen LogP contribution in [0.1, 0.15) is 13.8 Å². The number of hydrogen-bond acceptors (Lipinski definition) is 3. The Morgan fingerprint density at radius 2 is 1.25 bits per heavy atom. The first-order valence-electron chi connectivity index (χ1n) is 7.03. The van der Waals surface area contributed by atoms with Gasteiger partial charge in [-0.05, 0) is 30.3 Å². The second-order valence-electron chi connectivity index (χ2n) is 3.89. The molecule has 0 saturated heterocycles. The molecule has 0 heterocycles. The number of halogens is 4. The molecular weight excluding hydrogens is 345 g/mol. The van der Waals surface area contributed by atoms with Crippen LogP contribution in [0.2, 0.25) is 5.02 Å². The molecule has 0 spiro atoms. The quantitative estimate of drug-likeness (QED) is 0.671. The van der Waals surface area contributed by atoms with Crippen LogP contribution in [0.5, 0.6) is 17.2 Å². The molecule has 134 valence electrons. The van der Waals surface area contributed by atoms with Gasteiger partial charge in [-0.25, -0.2) is 0 Å². The van der Waals surface area contributed by atoms with E-state index >= 15 is 0 Å². The highest BCUT2D eigenvalue weighted by Gasteiger charge is 2.31. The maximum absolute atomic E-state index is 11.7. The molecule has 24 heavy (non-hydrogen) atoms. The van der Waals surface area contributed by atoms with E-state index in [9.17, 15) is 13.2 Å². The second-order valence-corrected chi connectivity index (χ2v) is 4.32. The van der Waals surface area contributed by atoms with E-state index in [0.29, 0.717) is 10.8 Å². The zero-order chi connectivity index (χ0) is 18.6. The Labute approximate surface area is 144 Å². The number of hydrogen-bond donors (Lipinski definition) is 0. The monoisotopic (exact) mass is 364 g/mol. The highest BCUT2D eigenvalue weighted by molar-refractivity contribution is 6.30. The third kappa shape index (κ3) is 9.84. The summed E-state index contributed by atoms with van der Waals surface area (Å²) in [6.07, 6.45) is -4.66. The lowest BCUT2D eigenvalue weighted by Crippen LogP contribution is -2.17. The normalized spacial score (nSPS) is 9.67. The lowest BCUT2D eigenvalue weighted by Gasteiger charge is -2.09. The molecule has 0 aliphatic rings. The van der Waals surface area contributed by atoms with Crippen molar-refractivity contribution >= 4 is 11.6 Å². The van der Waals surface area contributed by atoms with Gasteiger partial charge in [-0.3, -0.25) is 0 Å². The molecule has 0 saturated carbocycles. The third-order valence-corrected chi connectivity index (χ3v) is 2.54. The fourth-order valence-corrected chi connectivity index (χ4v) is 1.57. The summed E-state index contributed by atoms with van der Waals surface area (Å²) < 4.78 is 48.4. The van der Waals surface area contributed by atoms with Crippen molar-refractivity contribution in [2.45, 2.75) is 20.2 Å². The van der Waals surface area contributed by atoms with Crippen molar-refractivity contribution < 1.29 is 27.4 Å². The summed E-state index contributed by atoms with van der Waals surface area (Å²) in [7, 11) is 2.98. The van der Waals surface area contributed by atoms with Gasteiger partial charge < -0.3 is 14.2 Å². The van der Waals surface area contributed by atoms with Gasteiger partial charge in [0.1, 0.15) is 17.2 Å². The summed E-state index contributed by atoms with van der Waals surface area (Å²) in [5, 5.41) is 0.703. The molecule has 2 aromatic rings. The van der Waals surface area contributed by atoms with E-state index in [2.05, 4.69) is 4.74 Å². The molecule has 0 unspecified atom stereocenters. The first-order chi connectivity index (χ1) is 11.3. The average Bonchev–Trinajstić information content (AvgIpc) is 2.56. The topological polar surface area (TPSA) is 27.7 Å². The van der Waals surface area contributed by atoms with Crippen LogP contribution in [0.15, 0.2) is 48.5 Å². The summed E-state index contributed by atoms with van der Waals surface area (Å²) in [5.41, 5.74) is 0. The number of alkyl halides is 3. The van der Waals surface area contributed by atoms with Crippen LogP contribution in [0.4, 0.5) is 13.2 Å². The zero-order valence-corrected chi connectivity index (χ0v) is 14.6. The van der Waals surface area contributed by atoms with E-state index in [0.717, 1.165) is 11.8 Å². The Morgan fingerprint density at radius 1 is 0.792 bits per heavy atom. The van der Waals surface area contributed by atoms with Crippen LogP contribution in [0.3, 0.4) is 0 Å². The molecule has 0 aromatic heterocycles. The molecule has 0 bridgehead atoms. The van der Waals surface area contributed by atoms with Crippen molar-refractivity contribution in [2.75, 3.05) is 14.2 Å². The molecular formula is C17H20ClF3O3. The minimum Gasteiger partial charge on any atom is -0.497 e. The van der Waals surface area contributed by atoms with Gasteiger partial charge in [-0.15, -0.1) is 13.2 Å². The Bertz CT molecular complexity index is 589. The second kappa shape index (κ2) is 11.5. The Morgan fingerprint density at radius 3 is 1.67 bits per heavy atom. The predicted octanol–water partition coefficient (Wildman–Crippen LogP) is 5.97. The summed E-state index contributed by atoms with van der Waals surface area (Å²) >= 11 is 5.64. The molecule has 3 nitrogen and oxygen atoms in total. The van der Waals surface area contributed by atoms with Crippen LogP contribution >= 0.6 is 11.6 Å². The Kier molecular flexibility index (Phi) is 10.5. The third-order valence-electron chi connectivity index (χ3n) is 2.31. The van der Waals surface area contributed by atoms with E-state index in [1.807, 2.05) is 32.0 Å². The first-order valence-corrected chi connectivity index (χ1v) is 7.41. The average molecular weight is 365 g/mol. The molecule has 0 atom stereocenters. The van der Waals surface area contributed by atoms with Crippen molar-refractivity contribution in [1.82, 2.24) is 0 Å². The molecule has 0 aliphatic heterocycles. The Balaban J connectivity index is 0.000000420. The van der Waals surface area contributed by atoms with Crippen molar-refractivity contribution in [1.29, 1.82) is 0 Å². The van der Waals surface area contributed by atoms with Gasteiger partial charge in [-0.2, -0.15) is 0 Å². The first kappa shape index (κ1) is 21.9. The van der Waals surface area contributed by atoms with Gasteiger partial charge in [-0.1, -0.05) is 37.6 Å². The molecule has 7 heteroatoms. The lowest BCUT2D eigenvalue weighted by molar-refractivity contribution is -0.274. The number of ether oxygens (including phenoxy) is 3. The van der Waals surface area contributed by atoms with Crippen LogP contribution in [0, 0.1) is 0 Å². The van der Waals surface area contributed by atoms with Crippen LogP contribution in [-0.4, -0.2) is 20.6 Å².